The highest BCUT2D eigenvalue weighted by Gasteiger charge is 2.23. The fourth-order valence-electron chi connectivity index (χ4n) is 2.94. The van der Waals surface area contributed by atoms with Crippen LogP contribution in [0.5, 0.6) is 0 Å². The summed E-state index contributed by atoms with van der Waals surface area (Å²) in [4.78, 5) is 0. The molecule has 0 heterocycles. The summed E-state index contributed by atoms with van der Waals surface area (Å²) in [5.74, 6) is 1.59. The van der Waals surface area contributed by atoms with Crippen LogP contribution in [0.4, 0.5) is 5.69 Å². The van der Waals surface area contributed by atoms with Gasteiger partial charge in [0, 0.05) is 21.8 Å². The van der Waals surface area contributed by atoms with Crippen molar-refractivity contribution in [2.24, 2.45) is 11.8 Å². The largest absolute Gasteiger partial charge is 0.382 e. The van der Waals surface area contributed by atoms with Crippen LogP contribution in [0.1, 0.15) is 33.1 Å². The van der Waals surface area contributed by atoms with Crippen LogP contribution in [0.25, 0.3) is 0 Å². The zero-order valence-electron chi connectivity index (χ0n) is 10.3. The molecule has 2 atom stereocenters. The molecule has 1 fully saturated rings. The molecule has 2 rings (SSSR count). The lowest BCUT2D eigenvalue weighted by Crippen LogP contribution is -2.30. The van der Waals surface area contributed by atoms with E-state index in [9.17, 15) is 0 Å². The van der Waals surface area contributed by atoms with E-state index in [1.165, 1.54) is 19.3 Å². The Labute approximate surface area is 114 Å². The molecule has 2 unspecified atom stereocenters. The third-order valence-corrected chi connectivity index (χ3v) is 3.85. The van der Waals surface area contributed by atoms with E-state index in [0.717, 1.165) is 17.5 Å². The summed E-state index contributed by atoms with van der Waals surface area (Å²) < 4.78 is 0. The molecular formula is C14H19Cl2N. The van der Waals surface area contributed by atoms with Crippen LogP contribution in [0.3, 0.4) is 0 Å². The maximum Gasteiger partial charge on any atom is 0.0441 e. The molecule has 17 heavy (non-hydrogen) atoms. The zero-order valence-corrected chi connectivity index (χ0v) is 11.9. The molecule has 0 aromatic heterocycles. The van der Waals surface area contributed by atoms with E-state index < -0.39 is 0 Å². The molecule has 0 bridgehead atoms. The Morgan fingerprint density at radius 1 is 0.941 bits per heavy atom. The highest BCUT2D eigenvalue weighted by molar-refractivity contribution is 6.35. The number of halogens is 2. The van der Waals surface area contributed by atoms with E-state index in [2.05, 4.69) is 19.2 Å². The summed E-state index contributed by atoms with van der Waals surface area (Å²) in [7, 11) is 0. The number of hydrogen-bond donors (Lipinski definition) is 1. The van der Waals surface area contributed by atoms with Crippen LogP contribution in [-0.4, -0.2) is 6.04 Å². The molecule has 0 saturated heterocycles. The van der Waals surface area contributed by atoms with E-state index in [-0.39, 0.29) is 0 Å². The summed E-state index contributed by atoms with van der Waals surface area (Å²) in [6, 6.07) is 6.19. The molecule has 0 amide bonds. The van der Waals surface area contributed by atoms with Crippen molar-refractivity contribution >= 4 is 28.9 Å². The standard InChI is InChI=1S/C14H19Cl2N/c1-9-3-10(2)5-13(4-9)17-14-7-11(15)6-12(16)8-14/h6-10,13,17H,3-5H2,1-2H3. The van der Waals surface area contributed by atoms with Gasteiger partial charge in [-0.2, -0.15) is 0 Å². The highest BCUT2D eigenvalue weighted by atomic mass is 35.5. The number of hydrogen-bond acceptors (Lipinski definition) is 1. The van der Waals surface area contributed by atoms with Crippen LogP contribution in [0.2, 0.25) is 10.0 Å². The molecule has 1 saturated carbocycles. The van der Waals surface area contributed by atoms with Crippen molar-refractivity contribution in [3.05, 3.63) is 28.2 Å². The molecular weight excluding hydrogens is 253 g/mol. The Morgan fingerprint density at radius 3 is 2.00 bits per heavy atom. The molecule has 1 aliphatic carbocycles. The van der Waals surface area contributed by atoms with Gasteiger partial charge in [0.25, 0.3) is 0 Å². The van der Waals surface area contributed by atoms with Crippen molar-refractivity contribution in [1.29, 1.82) is 0 Å². The zero-order chi connectivity index (χ0) is 12.4. The molecule has 0 radical (unpaired) electrons. The van der Waals surface area contributed by atoms with Gasteiger partial charge < -0.3 is 5.32 Å². The van der Waals surface area contributed by atoms with Gasteiger partial charge in [-0.15, -0.1) is 0 Å². The molecule has 0 spiro atoms. The second-order valence-electron chi connectivity index (χ2n) is 5.42. The number of rotatable bonds is 2. The smallest absolute Gasteiger partial charge is 0.0441 e. The maximum atomic E-state index is 6.00. The fraction of sp³-hybridized carbons (Fsp3) is 0.571. The number of nitrogens with one attached hydrogen (secondary N) is 1. The van der Waals surface area contributed by atoms with Crippen molar-refractivity contribution in [2.75, 3.05) is 5.32 Å². The van der Waals surface area contributed by atoms with E-state index in [1.54, 1.807) is 6.07 Å². The normalized spacial score (nSPS) is 29.1. The van der Waals surface area contributed by atoms with Crippen molar-refractivity contribution in [2.45, 2.75) is 39.2 Å². The van der Waals surface area contributed by atoms with Gasteiger partial charge in [-0.25, -0.2) is 0 Å². The van der Waals surface area contributed by atoms with Crippen LogP contribution >= 0.6 is 23.2 Å². The van der Waals surface area contributed by atoms with Crippen molar-refractivity contribution < 1.29 is 0 Å². The molecule has 1 nitrogen and oxygen atoms in total. The SMILES string of the molecule is CC1CC(C)CC(Nc2cc(Cl)cc(Cl)c2)C1. The average molecular weight is 272 g/mol. The Morgan fingerprint density at radius 2 is 1.47 bits per heavy atom. The molecule has 1 N–H and O–H groups in total. The molecule has 1 aromatic rings. The van der Waals surface area contributed by atoms with Crippen LogP contribution in [0.15, 0.2) is 18.2 Å². The molecule has 1 aliphatic rings. The third kappa shape index (κ3) is 3.79. The molecule has 94 valence electrons. The summed E-state index contributed by atoms with van der Waals surface area (Å²) in [5.41, 5.74) is 1.04. The molecule has 0 aliphatic heterocycles. The van der Waals surface area contributed by atoms with Crippen molar-refractivity contribution in [1.82, 2.24) is 0 Å². The lowest BCUT2D eigenvalue weighted by molar-refractivity contribution is 0.281. The molecule has 1 aromatic carbocycles. The Hall–Kier alpha value is -0.400. The van der Waals surface area contributed by atoms with Crippen molar-refractivity contribution in [3.63, 3.8) is 0 Å². The van der Waals surface area contributed by atoms with E-state index >= 15 is 0 Å². The topological polar surface area (TPSA) is 12.0 Å². The first kappa shape index (κ1) is 13.0. The average Bonchev–Trinajstić information content (AvgIpc) is 2.13. The minimum absolute atomic E-state index is 0.545. The van der Waals surface area contributed by atoms with Crippen molar-refractivity contribution in [3.8, 4) is 0 Å². The first-order valence-corrected chi connectivity index (χ1v) is 7.01. The maximum absolute atomic E-state index is 6.00. The minimum Gasteiger partial charge on any atom is -0.382 e. The Balaban J connectivity index is 2.04. The van der Waals surface area contributed by atoms with E-state index in [4.69, 9.17) is 23.2 Å². The number of benzene rings is 1. The second-order valence-corrected chi connectivity index (χ2v) is 6.29. The van der Waals surface area contributed by atoms with Gasteiger partial charge in [0.1, 0.15) is 0 Å². The monoisotopic (exact) mass is 271 g/mol. The third-order valence-electron chi connectivity index (χ3n) is 3.41. The lowest BCUT2D eigenvalue weighted by Gasteiger charge is -2.32. The Kier molecular flexibility index (Phi) is 4.22. The van der Waals surface area contributed by atoms with Crippen LogP contribution in [-0.2, 0) is 0 Å². The van der Waals surface area contributed by atoms with E-state index in [1.807, 2.05) is 12.1 Å². The minimum atomic E-state index is 0.545. The quantitative estimate of drug-likeness (QED) is 0.777. The highest BCUT2D eigenvalue weighted by Crippen LogP contribution is 2.31. The van der Waals surface area contributed by atoms with Gasteiger partial charge in [-0.05, 0) is 49.3 Å². The summed E-state index contributed by atoms with van der Waals surface area (Å²) >= 11 is 12.0. The van der Waals surface area contributed by atoms with Gasteiger partial charge in [-0.1, -0.05) is 37.0 Å². The lowest BCUT2D eigenvalue weighted by atomic mass is 9.80. The first-order valence-electron chi connectivity index (χ1n) is 6.25. The van der Waals surface area contributed by atoms with Crippen LogP contribution < -0.4 is 5.32 Å². The predicted octanol–water partition coefficient (Wildman–Crippen LogP) is 5.23. The summed E-state index contributed by atoms with van der Waals surface area (Å²) in [6.45, 7) is 4.66. The fourth-order valence-corrected chi connectivity index (χ4v) is 3.46. The van der Waals surface area contributed by atoms with Gasteiger partial charge in [0.2, 0.25) is 0 Å². The van der Waals surface area contributed by atoms with Gasteiger partial charge in [-0.3, -0.25) is 0 Å². The van der Waals surface area contributed by atoms with Crippen LogP contribution in [0, 0.1) is 11.8 Å². The predicted molar refractivity (Wildman–Crippen MR) is 76.1 cm³/mol. The first-order chi connectivity index (χ1) is 8.02. The van der Waals surface area contributed by atoms with Gasteiger partial charge in [0.05, 0.1) is 0 Å². The summed E-state index contributed by atoms with van der Waals surface area (Å²) in [5, 5.41) is 4.94. The molecule has 3 heteroatoms. The van der Waals surface area contributed by atoms with Gasteiger partial charge in [0.15, 0.2) is 0 Å². The summed E-state index contributed by atoms with van der Waals surface area (Å²) in [6.07, 6.45) is 3.80. The second kappa shape index (κ2) is 5.49. The van der Waals surface area contributed by atoms with Gasteiger partial charge >= 0.3 is 0 Å². The Bertz CT molecular complexity index is 362. The van der Waals surface area contributed by atoms with E-state index in [0.29, 0.717) is 16.1 Å². The number of anilines is 1.